The van der Waals surface area contributed by atoms with Crippen LogP contribution in [0.25, 0.3) is 0 Å². The second-order valence-electron chi connectivity index (χ2n) is 2.86. The lowest BCUT2D eigenvalue weighted by molar-refractivity contribution is -0.385. The molecule has 1 rings (SSSR count). The van der Waals surface area contributed by atoms with Crippen molar-refractivity contribution in [3.63, 3.8) is 0 Å². The maximum absolute atomic E-state index is 10.6. The van der Waals surface area contributed by atoms with Gasteiger partial charge in [0.1, 0.15) is 0 Å². The smallest absolute Gasteiger partial charge is 0.283 e. The van der Waals surface area contributed by atoms with Crippen LogP contribution in [0.5, 0.6) is 0 Å². The van der Waals surface area contributed by atoms with Crippen LogP contribution >= 0.6 is 15.9 Å². The van der Waals surface area contributed by atoms with Crippen molar-refractivity contribution in [2.75, 3.05) is 13.6 Å². The number of rotatable bonds is 4. The summed E-state index contributed by atoms with van der Waals surface area (Å²) in [6.07, 6.45) is 0.777. The fraction of sp³-hybridized carbons (Fsp3) is 0.333. The van der Waals surface area contributed by atoms with Crippen molar-refractivity contribution >= 4 is 21.6 Å². The first-order valence-corrected chi connectivity index (χ1v) is 5.02. The van der Waals surface area contributed by atoms with E-state index in [1.54, 1.807) is 6.07 Å². The zero-order valence-electron chi connectivity index (χ0n) is 7.79. The SMILES string of the molecule is CNCCc1cccc([N+](=O)[O-])c1Br. The van der Waals surface area contributed by atoms with E-state index in [1.165, 1.54) is 6.07 Å². The average Bonchev–Trinajstić information content (AvgIpc) is 2.16. The van der Waals surface area contributed by atoms with E-state index in [1.807, 2.05) is 13.1 Å². The van der Waals surface area contributed by atoms with E-state index < -0.39 is 0 Å². The van der Waals surface area contributed by atoms with Crippen LogP contribution in [0.3, 0.4) is 0 Å². The lowest BCUT2D eigenvalue weighted by atomic mass is 10.1. The number of nitro groups is 1. The number of nitrogens with zero attached hydrogens (tertiary/aromatic N) is 1. The van der Waals surface area contributed by atoms with Crippen LogP contribution in [0.15, 0.2) is 22.7 Å². The quantitative estimate of drug-likeness (QED) is 0.665. The number of nitro benzene ring substituents is 1. The molecule has 1 aromatic carbocycles. The molecule has 4 nitrogen and oxygen atoms in total. The highest BCUT2D eigenvalue weighted by Crippen LogP contribution is 2.28. The van der Waals surface area contributed by atoms with Gasteiger partial charge in [0.05, 0.1) is 9.40 Å². The Morgan fingerprint density at radius 1 is 1.57 bits per heavy atom. The summed E-state index contributed by atoms with van der Waals surface area (Å²) < 4.78 is 0.584. The molecule has 0 fully saturated rings. The maximum atomic E-state index is 10.6. The highest BCUT2D eigenvalue weighted by Gasteiger charge is 2.13. The van der Waals surface area contributed by atoms with Gasteiger partial charge in [-0.3, -0.25) is 10.1 Å². The molecular weight excluding hydrogens is 248 g/mol. The van der Waals surface area contributed by atoms with Crippen molar-refractivity contribution < 1.29 is 4.92 Å². The lowest BCUT2D eigenvalue weighted by Crippen LogP contribution is -2.10. The Balaban J connectivity index is 2.95. The molecule has 1 aromatic rings. The molecule has 0 amide bonds. The third-order valence-corrected chi connectivity index (χ3v) is 2.81. The third-order valence-electron chi connectivity index (χ3n) is 1.90. The standard InChI is InChI=1S/C9H11BrN2O2/c1-11-6-5-7-3-2-4-8(9(7)10)12(13)14/h2-4,11H,5-6H2,1H3. The first-order chi connectivity index (χ1) is 6.66. The Morgan fingerprint density at radius 3 is 2.86 bits per heavy atom. The van der Waals surface area contributed by atoms with Gasteiger partial charge in [0, 0.05) is 6.07 Å². The zero-order chi connectivity index (χ0) is 10.6. The Kier molecular flexibility index (Phi) is 4.03. The monoisotopic (exact) mass is 258 g/mol. The van der Waals surface area contributed by atoms with Gasteiger partial charge in [0.25, 0.3) is 5.69 Å². The van der Waals surface area contributed by atoms with Crippen LogP contribution in [0, 0.1) is 10.1 Å². The second kappa shape index (κ2) is 5.07. The summed E-state index contributed by atoms with van der Waals surface area (Å²) in [6, 6.07) is 5.08. The summed E-state index contributed by atoms with van der Waals surface area (Å²) in [6.45, 7) is 0.805. The molecule has 5 heteroatoms. The van der Waals surface area contributed by atoms with E-state index in [4.69, 9.17) is 0 Å². The number of hydrogen-bond acceptors (Lipinski definition) is 3. The highest BCUT2D eigenvalue weighted by molar-refractivity contribution is 9.10. The molecule has 76 valence electrons. The van der Waals surface area contributed by atoms with E-state index >= 15 is 0 Å². The molecule has 0 heterocycles. The first-order valence-electron chi connectivity index (χ1n) is 4.23. The Labute approximate surface area is 90.6 Å². The minimum Gasteiger partial charge on any atom is -0.319 e. The van der Waals surface area contributed by atoms with Crippen molar-refractivity contribution in [1.82, 2.24) is 5.32 Å². The van der Waals surface area contributed by atoms with Gasteiger partial charge in [0.2, 0.25) is 0 Å². The van der Waals surface area contributed by atoms with E-state index in [-0.39, 0.29) is 10.6 Å². The molecule has 1 N–H and O–H groups in total. The topological polar surface area (TPSA) is 55.2 Å². The predicted molar refractivity (Wildman–Crippen MR) is 58.4 cm³/mol. The number of halogens is 1. The van der Waals surface area contributed by atoms with E-state index in [0.717, 1.165) is 18.5 Å². The molecule has 14 heavy (non-hydrogen) atoms. The molecule has 0 aliphatic heterocycles. The molecule has 0 bridgehead atoms. The normalized spacial score (nSPS) is 10.1. The Morgan fingerprint density at radius 2 is 2.29 bits per heavy atom. The minimum absolute atomic E-state index is 0.124. The molecule has 0 atom stereocenters. The van der Waals surface area contributed by atoms with Crippen molar-refractivity contribution in [1.29, 1.82) is 0 Å². The molecule has 0 saturated heterocycles. The van der Waals surface area contributed by atoms with Gasteiger partial charge in [-0.1, -0.05) is 12.1 Å². The lowest BCUT2D eigenvalue weighted by Gasteiger charge is -2.03. The largest absolute Gasteiger partial charge is 0.319 e. The van der Waals surface area contributed by atoms with Crippen LogP contribution in [-0.4, -0.2) is 18.5 Å². The van der Waals surface area contributed by atoms with E-state index in [0.29, 0.717) is 4.47 Å². The number of nitrogens with one attached hydrogen (secondary N) is 1. The van der Waals surface area contributed by atoms with Gasteiger partial charge in [0.15, 0.2) is 0 Å². The molecule has 0 aliphatic rings. The van der Waals surface area contributed by atoms with Crippen molar-refractivity contribution in [2.24, 2.45) is 0 Å². The van der Waals surface area contributed by atoms with Crippen molar-refractivity contribution in [2.45, 2.75) is 6.42 Å². The first kappa shape index (κ1) is 11.1. The fourth-order valence-corrected chi connectivity index (χ4v) is 1.77. The van der Waals surface area contributed by atoms with E-state index in [9.17, 15) is 10.1 Å². The van der Waals surface area contributed by atoms with Gasteiger partial charge in [-0.25, -0.2) is 0 Å². The Bertz CT molecular complexity index is 342. The molecule has 0 spiro atoms. The molecule has 0 saturated carbocycles. The van der Waals surface area contributed by atoms with Crippen LogP contribution in [0.1, 0.15) is 5.56 Å². The highest BCUT2D eigenvalue weighted by atomic mass is 79.9. The number of benzene rings is 1. The maximum Gasteiger partial charge on any atom is 0.283 e. The molecule has 0 unspecified atom stereocenters. The number of likely N-dealkylation sites (N-methyl/N-ethyl adjacent to an activating group) is 1. The summed E-state index contributed by atoms with van der Waals surface area (Å²) in [4.78, 5) is 10.2. The number of hydrogen-bond donors (Lipinski definition) is 1. The average molecular weight is 259 g/mol. The third kappa shape index (κ3) is 2.52. The molecule has 0 aliphatic carbocycles. The van der Waals surface area contributed by atoms with Gasteiger partial charge in [-0.2, -0.15) is 0 Å². The van der Waals surface area contributed by atoms with Crippen LogP contribution in [0.4, 0.5) is 5.69 Å². The van der Waals surface area contributed by atoms with Crippen molar-refractivity contribution in [3.8, 4) is 0 Å². The van der Waals surface area contributed by atoms with Gasteiger partial charge >= 0.3 is 0 Å². The van der Waals surface area contributed by atoms with Gasteiger partial charge in [-0.05, 0) is 41.5 Å². The van der Waals surface area contributed by atoms with Crippen LogP contribution in [0.2, 0.25) is 0 Å². The molecular formula is C9H11BrN2O2. The molecule has 0 aromatic heterocycles. The zero-order valence-corrected chi connectivity index (χ0v) is 9.37. The summed E-state index contributed by atoms with van der Waals surface area (Å²) >= 11 is 3.24. The fourth-order valence-electron chi connectivity index (χ4n) is 1.16. The van der Waals surface area contributed by atoms with Crippen molar-refractivity contribution in [3.05, 3.63) is 38.3 Å². The predicted octanol–water partition coefficient (Wildman–Crippen LogP) is 2.12. The summed E-state index contributed by atoms with van der Waals surface area (Å²) in [5.74, 6) is 0. The van der Waals surface area contributed by atoms with Gasteiger partial charge in [-0.15, -0.1) is 0 Å². The Hall–Kier alpha value is -0.940. The second-order valence-corrected chi connectivity index (χ2v) is 3.65. The molecule has 0 radical (unpaired) electrons. The summed E-state index contributed by atoms with van der Waals surface area (Å²) in [7, 11) is 1.85. The summed E-state index contributed by atoms with van der Waals surface area (Å²) in [5.41, 5.74) is 1.08. The van der Waals surface area contributed by atoms with Crippen LogP contribution in [-0.2, 0) is 6.42 Å². The van der Waals surface area contributed by atoms with Crippen LogP contribution < -0.4 is 5.32 Å². The van der Waals surface area contributed by atoms with Gasteiger partial charge < -0.3 is 5.32 Å². The van der Waals surface area contributed by atoms with E-state index in [2.05, 4.69) is 21.2 Å². The minimum atomic E-state index is -0.382. The summed E-state index contributed by atoms with van der Waals surface area (Å²) in [5, 5.41) is 13.6.